The van der Waals surface area contributed by atoms with Crippen LogP contribution < -0.4 is 4.74 Å². The van der Waals surface area contributed by atoms with Crippen molar-refractivity contribution in [2.45, 2.75) is 4.90 Å². The first-order valence-corrected chi connectivity index (χ1v) is 10.2. The van der Waals surface area contributed by atoms with Gasteiger partial charge in [-0.1, -0.05) is 66.2 Å². The van der Waals surface area contributed by atoms with Crippen LogP contribution in [-0.2, 0) is 4.79 Å². The van der Waals surface area contributed by atoms with Gasteiger partial charge >= 0.3 is 5.97 Å². The summed E-state index contributed by atoms with van der Waals surface area (Å²) in [5, 5.41) is 9.04. The Morgan fingerprint density at radius 2 is 1.79 bits per heavy atom. The van der Waals surface area contributed by atoms with Gasteiger partial charge in [0.1, 0.15) is 11.6 Å². The van der Waals surface area contributed by atoms with Gasteiger partial charge in [-0.2, -0.15) is 0 Å². The number of aliphatic carboxylic acids is 1. The van der Waals surface area contributed by atoms with E-state index in [1.165, 1.54) is 17.8 Å². The number of benzene rings is 3. The van der Waals surface area contributed by atoms with E-state index in [2.05, 4.69) is 0 Å². The zero-order valence-electron chi connectivity index (χ0n) is 15.3. The van der Waals surface area contributed by atoms with E-state index >= 15 is 0 Å². The van der Waals surface area contributed by atoms with Crippen molar-refractivity contribution < 1.29 is 19.0 Å². The minimum absolute atomic E-state index is 0.268. The molecule has 148 valence electrons. The summed E-state index contributed by atoms with van der Waals surface area (Å²) in [6.45, 7) is -0.446. The maximum Gasteiger partial charge on any atom is 0.341 e. The quantitative estimate of drug-likeness (QED) is 0.436. The lowest BCUT2D eigenvalue weighted by atomic mass is 9.97. The Balaban J connectivity index is 1.78. The third kappa shape index (κ3) is 5.86. The van der Waals surface area contributed by atoms with Gasteiger partial charge in [-0.25, -0.2) is 9.18 Å². The van der Waals surface area contributed by atoms with Crippen LogP contribution in [0.15, 0.2) is 83.8 Å². The number of ether oxygens (including phenoxy) is 1. The fraction of sp³-hybridized carbons (Fsp3) is 0.0870. The van der Waals surface area contributed by atoms with E-state index in [0.717, 1.165) is 16.0 Å². The van der Waals surface area contributed by atoms with Crippen molar-refractivity contribution in [3.05, 3.63) is 101 Å². The van der Waals surface area contributed by atoms with Crippen LogP contribution >= 0.6 is 23.4 Å². The molecule has 3 nitrogen and oxygen atoms in total. The van der Waals surface area contributed by atoms with Crippen LogP contribution in [0.1, 0.15) is 11.1 Å². The van der Waals surface area contributed by atoms with Crippen LogP contribution in [0, 0.1) is 5.82 Å². The van der Waals surface area contributed by atoms with E-state index in [9.17, 15) is 9.18 Å². The van der Waals surface area contributed by atoms with Gasteiger partial charge in [0.25, 0.3) is 0 Å². The van der Waals surface area contributed by atoms with Crippen LogP contribution in [0.5, 0.6) is 5.75 Å². The molecular weight excluding hydrogens is 411 g/mol. The third-order valence-corrected chi connectivity index (χ3v) is 5.26. The molecule has 0 bridgehead atoms. The van der Waals surface area contributed by atoms with E-state index in [0.29, 0.717) is 22.1 Å². The van der Waals surface area contributed by atoms with E-state index in [4.69, 9.17) is 21.4 Å². The van der Waals surface area contributed by atoms with Gasteiger partial charge in [0.2, 0.25) is 0 Å². The number of thioether (sulfide) groups is 1. The van der Waals surface area contributed by atoms with E-state index < -0.39 is 12.6 Å². The Hall–Kier alpha value is -2.76. The van der Waals surface area contributed by atoms with Crippen LogP contribution in [0.25, 0.3) is 5.57 Å². The van der Waals surface area contributed by atoms with Gasteiger partial charge in [0.15, 0.2) is 6.61 Å². The monoisotopic (exact) mass is 428 g/mol. The molecule has 0 unspecified atom stereocenters. The van der Waals surface area contributed by atoms with Crippen LogP contribution in [0.4, 0.5) is 4.39 Å². The largest absolute Gasteiger partial charge is 0.480 e. The second-order valence-corrected chi connectivity index (χ2v) is 7.55. The number of hydrogen-bond donors (Lipinski definition) is 1. The van der Waals surface area contributed by atoms with Crippen molar-refractivity contribution in [2.75, 3.05) is 12.4 Å². The van der Waals surface area contributed by atoms with Gasteiger partial charge in [0.05, 0.1) is 5.02 Å². The molecule has 0 aliphatic carbocycles. The molecule has 0 fully saturated rings. The maximum atomic E-state index is 14.4. The number of hydrogen-bond acceptors (Lipinski definition) is 3. The minimum Gasteiger partial charge on any atom is -0.480 e. The second-order valence-electron chi connectivity index (χ2n) is 6.05. The molecule has 3 aromatic rings. The number of rotatable bonds is 8. The highest BCUT2D eigenvalue weighted by Gasteiger charge is 2.10. The topological polar surface area (TPSA) is 46.5 Å². The van der Waals surface area contributed by atoms with Crippen molar-refractivity contribution in [3.8, 4) is 5.75 Å². The average Bonchev–Trinajstić information content (AvgIpc) is 2.72. The van der Waals surface area contributed by atoms with Gasteiger partial charge in [-0.3, -0.25) is 0 Å². The number of carboxylic acid groups (broad SMARTS) is 1. The highest BCUT2D eigenvalue weighted by molar-refractivity contribution is 7.99. The number of halogens is 2. The molecule has 3 aromatic carbocycles. The fourth-order valence-electron chi connectivity index (χ4n) is 2.73. The molecule has 1 N–H and O–H groups in total. The smallest absolute Gasteiger partial charge is 0.341 e. The zero-order chi connectivity index (χ0) is 20.6. The first kappa shape index (κ1) is 21.0. The molecule has 0 aromatic heterocycles. The first-order chi connectivity index (χ1) is 14.0. The molecule has 0 saturated carbocycles. The summed E-state index contributed by atoms with van der Waals surface area (Å²) in [5.41, 5.74) is 2.31. The molecule has 0 aliphatic rings. The summed E-state index contributed by atoms with van der Waals surface area (Å²) in [6.07, 6.45) is 1.99. The summed E-state index contributed by atoms with van der Waals surface area (Å²) < 4.78 is 19.5. The maximum absolute atomic E-state index is 14.4. The van der Waals surface area contributed by atoms with E-state index in [1.54, 1.807) is 24.3 Å². The molecule has 29 heavy (non-hydrogen) atoms. The molecule has 3 rings (SSSR count). The minimum atomic E-state index is -1.06. The van der Waals surface area contributed by atoms with Gasteiger partial charge in [-0.15, -0.1) is 11.8 Å². The molecule has 0 heterocycles. The Labute approximate surface area is 177 Å². The number of carboxylic acids is 1. The molecule has 0 aliphatic heterocycles. The summed E-state index contributed by atoms with van der Waals surface area (Å²) in [4.78, 5) is 11.5. The highest BCUT2D eigenvalue weighted by Crippen LogP contribution is 2.31. The summed E-state index contributed by atoms with van der Waals surface area (Å²) in [6, 6.07) is 21.6. The van der Waals surface area contributed by atoms with E-state index in [-0.39, 0.29) is 5.82 Å². The van der Waals surface area contributed by atoms with Gasteiger partial charge < -0.3 is 9.84 Å². The van der Waals surface area contributed by atoms with Crippen molar-refractivity contribution in [1.29, 1.82) is 0 Å². The van der Waals surface area contributed by atoms with Crippen LogP contribution in [0.3, 0.4) is 0 Å². The molecule has 0 atom stereocenters. The van der Waals surface area contributed by atoms with Crippen molar-refractivity contribution in [2.24, 2.45) is 0 Å². The molecule has 0 spiro atoms. The van der Waals surface area contributed by atoms with Crippen molar-refractivity contribution >= 4 is 34.9 Å². The molecule has 6 heteroatoms. The van der Waals surface area contributed by atoms with Crippen LogP contribution in [-0.4, -0.2) is 23.4 Å². The Bertz CT molecular complexity index is 1020. The molecule has 0 saturated heterocycles. The summed E-state index contributed by atoms with van der Waals surface area (Å²) in [7, 11) is 0. The highest BCUT2D eigenvalue weighted by atomic mass is 35.5. The van der Waals surface area contributed by atoms with Gasteiger partial charge in [-0.05, 0) is 35.4 Å². The summed E-state index contributed by atoms with van der Waals surface area (Å²) >= 11 is 7.71. The lowest BCUT2D eigenvalue weighted by Gasteiger charge is -2.10. The zero-order valence-corrected chi connectivity index (χ0v) is 16.9. The van der Waals surface area contributed by atoms with E-state index in [1.807, 2.05) is 48.5 Å². The fourth-order valence-corrected chi connectivity index (χ4v) is 3.84. The normalized spacial score (nSPS) is 11.3. The lowest BCUT2D eigenvalue weighted by molar-refractivity contribution is -0.139. The van der Waals surface area contributed by atoms with Crippen LogP contribution in [0.2, 0.25) is 5.02 Å². The van der Waals surface area contributed by atoms with Crippen molar-refractivity contribution in [1.82, 2.24) is 0 Å². The number of carbonyl (C=O) groups is 1. The Morgan fingerprint density at radius 1 is 1.07 bits per heavy atom. The van der Waals surface area contributed by atoms with Gasteiger partial charge in [0, 0.05) is 16.2 Å². The second kappa shape index (κ2) is 10.1. The molecular formula is C23H18ClFO3S. The van der Waals surface area contributed by atoms with Crippen molar-refractivity contribution in [3.63, 3.8) is 0 Å². The summed E-state index contributed by atoms with van der Waals surface area (Å²) in [5.74, 6) is -0.406. The Kier molecular flexibility index (Phi) is 7.33. The third-order valence-electron chi connectivity index (χ3n) is 4.04. The SMILES string of the molecule is O=C(O)COc1ccc(SCC=C(c2ccccc2)c2ccccc2F)cc1Cl. The standard InChI is InChI=1S/C23H18ClFO3S/c24-20-14-17(10-11-22(20)28-15-23(26)27)29-13-12-18(16-6-2-1-3-7-16)19-8-4-5-9-21(19)25/h1-12,14H,13,15H2,(H,26,27). The predicted molar refractivity (Wildman–Crippen MR) is 115 cm³/mol. The Morgan fingerprint density at radius 3 is 2.48 bits per heavy atom. The lowest BCUT2D eigenvalue weighted by Crippen LogP contribution is -2.09. The first-order valence-electron chi connectivity index (χ1n) is 8.82. The molecule has 0 amide bonds. The average molecular weight is 429 g/mol. The molecule has 0 radical (unpaired) electrons. The predicted octanol–water partition coefficient (Wildman–Crippen LogP) is 6.17.